The second-order valence-corrected chi connectivity index (χ2v) is 7.11. The number of likely N-dealkylation sites (tertiary alicyclic amines) is 1. The third-order valence-corrected chi connectivity index (χ3v) is 5.88. The van der Waals surface area contributed by atoms with Crippen molar-refractivity contribution in [3.8, 4) is 0 Å². The first-order valence-electron chi connectivity index (χ1n) is 8.22. The van der Waals surface area contributed by atoms with Gasteiger partial charge in [-0.2, -0.15) is 0 Å². The highest BCUT2D eigenvalue weighted by Crippen LogP contribution is 2.42. The van der Waals surface area contributed by atoms with Gasteiger partial charge in [-0.15, -0.1) is 0 Å². The molecule has 0 bridgehead atoms. The van der Waals surface area contributed by atoms with Gasteiger partial charge in [-0.3, -0.25) is 4.90 Å². The smallest absolute Gasteiger partial charge is 0.0124 e. The van der Waals surface area contributed by atoms with E-state index in [1.165, 1.54) is 77.4 Å². The van der Waals surface area contributed by atoms with Gasteiger partial charge in [0, 0.05) is 19.1 Å². The fraction of sp³-hybridized carbons (Fsp3) is 1.00. The van der Waals surface area contributed by atoms with Gasteiger partial charge in [-0.1, -0.05) is 25.7 Å². The first-order valence-corrected chi connectivity index (χ1v) is 8.22. The predicted octanol–water partition coefficient (Wildman–Crippen LogP) is 3.03. The molecule has 2 heteroatoms. The van der Waals surface area contributed by atoms with Gasteiger partial charge in [0.05, 0.1) is 0 Å². The molecule has 1 heterocycles. The van der Waals surface area contributed by atoms with Crippen LogP contribution < -0.4 is 5.32 Å². The summed E-state index contributed by atoms with van der Waals surface area (Å²) in [6, 6.07) is 0.952. The Morgan fingerprint density at radius 3 is 2.61 bits per heavy atom. The van der Waals surface area contributed by atoms with E-state index in [0.29, 0.717) is 5.41 Å². The summed E-state index contributed by atoms with van der Waals surface area (Å²) in [6.07, 6.45) is 13.3. The van der Waals surface area contributed by atoms with Crippen LogP contribution in [0.5, 0.6) is 0 Å². The van der Waals surface area contributed by atoms with Crippen molar-refractivity contribution in [2.75, 3.05) is 26.7 Å². The molecule has 3 fully saturated rings. The molecule has 0 aromatic carbocycles. The third-order valence-electron chi connectivity index (χ3n) is 5.88. The Labute approximate surface area is 113 Å². The second-order valence-electron chi connectivity index (χ2n) is 7.11. The van der Waals surface area contributed by atoms with Gasteiger partial charge in [0.2, 0.25) is 0 Å². The Kier molecular flexibility index (Phi) is 3.95. The molecule has 2 saturated carbocycles. The quantitative estimate of drug-likeness (QED) is 0.825. The topological polar surface area (TPSA) is 15.3 Å². The van der Waals surface area contributed by atoms with Crippen molar-refractivity contribution in [3.05, 3.63) is 0 Å². The zero-order valence-corrected chi connectivity index (χ0v) is 12.1. The minimum Gasteiger partial charge on any atom is -0.319 e. The van der Waals surface area contributed by atoms with Crippen molar-refractivity contribution < 1.29 is 0 Å². The minimum absolute atomic E-state index is 0.612. The monoisotopic (exact) mass is 250 g/mol. The molecular weight excluding hydrogens is 220 g/mol. The lowest BCUT2D eigenvalue weighted by Crippen LogP contribution is -2.45. The van der Waals surface area contributed by atoms with Crippen molar-refractivity contribution in [1.29, 1.82) is 0 Å². The maximum absolute atomic E-state index is 3.47. The van der Waals surface area contributed by atoms with Crippen LogP contribution in [0.1, 0.15) is 57.8 Å². The number of nitrogens with one attached hydrogen (secondary N) is 1. The third kappa shape index (κ3) is 2.46. The lowest BCUT2D eigenvalue weighted by Gasteiger charge is -2.38. The molecule has 0 radical (unpaired) electrons. The van der Waals surface area contributed by atoms with E-state index in [2.05, 4.69) is 17.3 Å². The fourth-order valence-corrected chi connectivity index (χ4v) is 5.02. The minimum atomic E-state index is 0.612. The fourth-order valence-electron chi connectivity index (χ4n) is 5.02. The molecule has 3 rings (SSSR count). The van der Waals surface area contributed by atoms with Gasteiger partial charge in [-0.05, 0) is 57.0 Å². The van der Waals surface area contributed by atoms with Gasteiger partial charge in [0.15, 0.2) is 0 Å². The molecule has 0 amide bonds. The first kappa shape index (κ1) is 12.9. The molecule has 104 valence electrons. The number of nitrogens with zero attached hydrogens (tertiary/aromatic N) is 1. The summed E-state index contributed by atoms with van der Waals surface area (Å²) in [5, 5.41) is 3.47. The summed E-state index contributed by atoms with van der Waals surface area (Å²) >= 11 is 0. The molecular formula is C16H30N2. The number of hydrogen-bond acceptors (Lipinski definition) is 2. The maximum Gasteiger partial charge on any atom is 0.0124 e. The van der Waals surface area contributed by atoms with Crippen LogP contribution >= 0.6 is 0 Å². The number of rotatable bonds is 4. The molecule has 1 saturated heterocycles. The van der Waals surface area contributed by atoms with Crippen LogP contribution in [0.2, 0.25) is 0 Å². The van der Waals surface area contributed by atoms with E-state index in [1.54, 1.807) is 0 Å². The van der Waals surface area contributed by atoms with E-state index in [0.717, 1.165) is 12.0 Å². The van der Waals surface area contributed by atoms with Gasteiger partial charge in [0.25, 0.3) is 0 Å². The van der Waals surface area contributed by atoms with Crippen molar-refractivity contribution in [2.45, 2.75) is 63.8 Å². The first-order chi connectivity index (χ1) is 8.83. The number of fused-ring (bicyclic) bond motifs is 1. The van der Waals surface area contributed by atoms with Gasteiger partial charge in [0.1, 0.15) is 0 Å². The van der Waals surface area contributed by atoms with E-state index in [1.807, 2.05) is 0 Å². The Morgan fingerprint density at radius 2 is 1.83 bits per heavy atom. The zero-order valence-electron chi connectivity index (χ0n) is 12.1. The summed E-state index contributed by atoms with van der Waals surface area (Å²) in [5.41, 5.74) is 0.612. The van der Waals surface area contributed by atoms with E-state index in [4.69, 9.17) is 0 Å². The summed E-state index contributed by atoms with van der Waals surface area (Å²) in [4.78, 5) is 2.88. The lowest BCUT2D eigenvalue weighted by molar-refractivity contribution is 0.111. The van der Waals surface area contributed by atoms with Crippen LogP contribution in [-0.4, -0.2) is 37.6 Å². The van der Waals surface area contributed by atoms with E-state index >= 15 is 0 Å². The van der Waals surface area contributed by atoms with Crippen LogP contribution in [0.4, 0.5) is 0 Å². The largest absolute Gasteiger partial charge is 0.319 e. The van der Waals surface area contributed by atoms with Crippen LogP contribution in [0.15, 0.2) is 0 Å². The molecule has 2 aliphatic carbocycles. The highest BCUT2D eigenvalue weighted by molar-refractivity contribution is 4.95. The highest BCUT2D eigenvalue weighted by atomic mass is 15.2. The van der Waals surface area contributed by atoms with Crippen LogP contribution in [0.25, 0.3) is 0 Å². The van der Waals surface area contributed by atoms with E-state index < -0.39 is 0 Å². The van der Waals surface area contributed by atoms with Crippen LogP contribution in [0, 0.1) is 11.3 Å². The normalized spacial score (nSPS) is 35.8. The van der Waals surface area contributed by atoms with Crippen molar-refractivity contribution >= 4 is 0 Å². The summed E-state index contributed by atoms with van der Waals surface area (Å²) in [5.74, 6) is 1.05. The molecule has 3 aliphatic rings. The van der Waals surface area contributed by atoms with Crippen molar-refractivity contribution in [2.24, 2.45) is 11.3 Å². The highest BCUT2D eigenvalue weighted by Gasteiger charge is 2.41. The second kappa shape index (κ2) is 5.50. The molecule has 2 nitrogen and oxygen atoms in total. The molecule has 1 N–H and O–H groups in total. The van der Waals surface area contributed by atoms with E-state index in [-0.39, 0.29) is 0 Å². The molecule has 0 aromatic heterocycles. The molecule has 18 heavy (non-hydrogen) atoms. The Bertz CT molecular complexity index is 270. The average Bonchev–Trinajstić information content (AvgIpc) is 2.99. The van der Waals surface area contributed by atoms with E-state index in [9.17, 15) is 0 Å². The summed E-state index contributed by atoms with van der Waals surface area (Å²) in [7, 11) is 2.13. The number of hydrogen-bond donors (Lipinski definition) is 1. The molecule has 2 unspecified atom stereocenters. The summed E-state index contributed by atoms with van der Waals surface area (Å²) < 4.78 is 0. The summed E-state index contributed by atoms with van der Waals surface area (Å²) in [6.45, 7) is 4.01. The Balaban J connectivity index is 1.64. The average molecular weight is 250 g/mol. The Morgan fingerprint density at radius 1 is 1.06 bits per heavy atom. The molecule has 1 aliphatic heterocycles. The molecule has 2 atom stereocenters. The molecule has 0 aromatic rings. The van der Waals surface area contributed by atoms with Gasteiger partial charge < -0.3 is 5.32 Å². The maximum atomic E-state index is 3.47. The zero-order chi connectivity index (χ0) is 12.4. The van der Waals surface area contributed by atoms with Crippen LogP contribution in [0.3, 0.4) is 0 Å². The van der Waals surface area contributed by atoms with Crippen LogP contribution in [-0.2, 0) is 0 Å². The SMILES string of the molecule is CNCC1(CN2CCC3CCCCC32)CCCC1. The van der Waals surface area contributed by atoms with Crippen molar-refractivity contribution in [1.82, 2.24) is 10.2 Å². The predicted molar refractivity (Wildman–Crippen MR) is 76.8 cm³/mol. The molecule has 0 spiro atoms. The standard InChI is InChI=1S/C16H30N2/c1-17-12-16(9-4-5-10-16)13-18-11-8-14-6-2-3-7-15(14)18/h14-15,17H,2-13H2,1H3. The van der Waals surface area contributed by atoms with Crippen molar-refractivity contribution in [3.63, 3.8) is 0 Å². The van der Waals surface area contributed by atoms with Gasteiger partial charge in [-0.25, -0.2) is 0 Å². The lowest BCUT2D eigenvalue weighted by atomic mass is 9.82. The Hall–Kier alpha value is -0.0800. The van der Waals surface area contributed by atoms with Gasteiger partial charge >= 0.3 is 0 Å².